The molecule has 148 valence electrons. The van der Waals surface area contributed by atoms with Crippen molar-refractivity contribution in [1.82, 2.24) is 10.2 Å². The van der Waals surface area contributed by atoms with Gasteiger partial charge in [-0.25, -0.2) is 4.39 Å². The Morgan fingerprint density at radius 3 is 2.59 bits per heavy atom. The number of rotatable bonds is 6. The number of carbonyl (C=O) groups is 2. The molecular weight excluding hydrogens is 367 g/mol. The van der Waals surface area contributed by atoms with Crippen molar-refractivity contribution >= 4 is 23.6 Å². The number of amides is 2. The van der Waals surface area contributed by atoms with Gasteiger partial charge in [-0.2, -0.15) is 0 Å². The van der Waals surface area contributed by atoms with Crippen LogP contribution in [0.15, 0.2) is 24.3 Å². The largest absolute Gasteiger partial charge is 0.383 e. The van der Waals surface area contributed by atoms with Gasteiger partial charge in [-0.1, -0.05) is 19.3 Å². The van der Waals surface area contributed by atoms with Crippen LogP contribution in [0, 0.1) is 11.7 Å². The Morgan fingerprint density at radius 1 is 1.22 bits per heavy atom. The third kappa shape index (κ3) is 4.82. The van der Waals surface area contributed by atoms with Gasteiger partial charge in [0.2, 0.25) is 5.91 Å². The predicted molar refractivity (Wildman–Crippen MR) is 104 cm³/mol. The van der Waals surface area contributed by atoms with Gasteiger partial charge in [0.05, 0.1) is 12.0 Å². The average molecular weight is 395 g/mol. The highest BCUT2D eigenvalue weighted by Crippen LogP contribution is 2.41. The molecule has 1 aliphatic heterocycles. The minimum absolute atomic E-state index is 0.000952. The van der Waals surface area contributed by atoms with Crippen LogP contribution in [-0.4, -0.2) is 54.1 Å². The first kappa shape index (κ1) is 20.1. The van der Waals surface area contributed by atoms with Gasteiger partial charge >= 0.3 is 0 Å². The lowest BCUT2D eigenvalue weighted by Crippen LogP contribution is -2.51. The lowest BCUT2D eigenvalue weighted by atomic mass is 9.88. The molecule has 7 heteroatoms. The van der Waals surface area contributed by atoms with Crippen LogP contribution in [0.2, 0.25) is 0 Å². The summed E-state index contributed by atoms with van der Waals surface area (Å²) < 4.78 is 18.3. The molecule has 1 aromatic carbocycles. The molecule has 1 N–H and O–H groups in total. The zero-order chi connectivity index (χ0) is 19.2. The van der Waals surface area contributed by atoms with Crippen LogP contribution in [-0.2, 0) is 9.53 Å². The molecule has 2 amide bonds. The van der Waals surface area contributed by atoms with E-state index in [2.05, 4.69) is 5.32 Å². The first-order valence-corrected chi connectivity index (χ1v) is 10.6. The highest BCUT2D eigenvalue weighted by molar-refractivity contribution is 8.00. The van der Waals surface area contributed by atoms with Gasteiger partial charge in [0.1, 0.15) is 11.9 Å². The summed E-state index contributed by atoms with van der Waals surface area (Å²) in [6, 6.07) is 5.08. The summed E-state index contributed by atoms with van der Waals surface area (Å²) in [5, 5.41) is 2.86. The minimum Gasteiger partial charge on any atom is -0.383 e. The topological polar surface area (TPSA) is 58.6 Å². The van der Waals surface area contributed by atoms with E-state index < -0.39 is 6.04 Å². The number of carbonyl (C=O) groups excluding carboxylic acids is 2. The molecule has 27 heavy (non-hydrogen) atoms. The van der Waals surface area contributed by atoms with Crippen LogP contribution in [0.25, 0.3) is 0 Å². The normalized spacial score (nSPS) is 23.4. The molecule has 3 rings (SSSR count). The minimum atomic E-state index is -0.503. The maximum absolute atomic E-state index is 13.3. The molecule has 1 saturated heterocycles. The van der Waals surface area contributed by atoms with Crippen molar-refractivity contribution in [1.29, 1.82) is 0 Å². The highest BCUT2D eigenvalue weighted by Gasteiger charge is 2.45. The molecule has 0 unspecified atom stereocenters. The van der Waals surface area contributed by atoms with Crippen molar-refractivity contribution in [3.8, 4) is 0 Å². The van der Waals surface area contributed by atoms with Gasteiger partial charge in [-0.3, -0.25) is 9.59 Å². The van der Waals surface area contributed by atoms with E-state index in [4.69, 9.17) is 4.74 Å². The quantitative estimate of drug-likeness (QED) is 0.754. The van der Waals surface area contributed by atoms with E-state index in [-0.39, 0.29) is 23.0 Å². The lowest BCUT2D eigenvalue weighted by Gasteiger charge is -2.35. The van der Waals surface area contributed by atoms with Crippen molar-refractivity contribution in [2.75, 3.05) is 26.0 Å². The van der Waals surface area contributed by atoms with E-state index in [0.29, 0.717) is 30.4 Å². The second kappa shape index (κ2) is 9.55. The summed E-state index contributed by atoms with van der Waals surface area (Å²) in [4.78, 5) is 27.7. The summed E-state index contributed by atoms with van der Waals surface area (Å²) in [6.45, 7) is 0.854. The maximum Gasteiger partial charge on any atom is 0.255 e. The summed E-state index contributed by atoms with van der Waals surface area (Å²) in [5.74, 6) is 0.285. The van der Waals surface area contributed by atoms with Gasteiger partial charge in [0.15, 0.2) is 0 Å². The number of ether oxygens (including phenoxy) is 1. The Morgan fingerprint density at radius 2 is 1.93 bits per heavy atom. The van der Waals surface area contributed by atoms with Crippen LogP contribution in [0.4, 0.5) is 4.39 Å². The summed E-state index contributed by atoms with van der Waals surface area (Å²) in [7, 11) is 1.58. The summed E-state index contributed by atoms with van der Waals surface area (Å²) >= 11 is 1.70. The Bertz CT molecular complexity index is 649. The second-order valence-corrected chi connectivity index (χ2v) is 8.29. The Kier molecular flexibility index (Phi) is 7.13. The Balaban J connectivity index is 1.80. The molecule has 0 spiro atoms. The number of thioether (sulfide) groups is 1. The van der Waals surface area contributed by atoms with Crippen molar-refractivity contribution in [2.45, 2.75) is 43.5 Å². The van der Waals surface area contributed by atoms with E-state index in [1.807, 2.05) is 0 Å². The van der Waals surface area contributed by atoms with Crippen LogP contribution in [0.3, 0.4) is 0 Å². The first-order chi connectivity index (χ1) is 13.1. The van der Waals surface area contributed by atoms with Crippen LogP contribution >= 0.6 is 11.8 Å². The summed E-state index contributed by atoms with van der Waals surface area (Å²) in [6.07, 6.45) is 5.75. The van der Waals surface area contributed by atoms with Gasteiger partial charge in [0.25, 0.3) is 5.91 Å². The van der Waals surface area contributed by atoms with Crippen molar-refractivity contribution in [3.63, 3.8) is 0 Å². The molecule has 2 fully saturated rings. The van der Waals surface area contributed by atoms with E-state index in [0.717, 1.165) is 12.8 Å². The zero-order valence-electron chi connectivity index (χ0n) is 15.7. The molecule has 1 heterocycles. The number of hydrogen-bond acceptors (Lipinski definition) is 4. The average Bonchev–Trinajstić information content (AvgIpc) is 3.14. The first-order valence-electron chi connectivity index (χ1n) is 9.58. The molecular formula is C20H27FN2O3S. The third-order valence-corrected chi connectivity index (χ3v) is 6.78. The zero-order valence-corrected chi connectivity index (χ0v) is 16.5. The van der Waals surface area contributed by atoms with Crippen molar-refractivity contribution < 1.29 is 18.7 Å². The van der Waals surface area contributed by atoms with Gasteiger partial charge in [0, 0.05) is 25.0 Å². The molecule has 2 aliphatic rings. The Labute approximate surface area is 164 Å². The van der Waals surface area contributed by atoms with E-state index >= 15 is 0 Å². The monoisotopic (exact) mass is 394 g/mol. The third-order valence-electron chi connectivity index (χ3n) is 5.32. The standard InChI is InChI=1S/C20H27FN2O3S/c1-26-12-11-22-18(24)17-13-27-20(15-5-3-2-4-6-15)23(17)19(25)14-7-9-16(21)10-8-14/h7-10,15,17,20H,2-6,11-13H2,1H3,(H,22,24)/t17-,20-/m1/s1. The molecule has 1 aliphatic carbocycles. The predicted octanol–water partition coefficient (Wildman–Crippen LogP) is 3.05. The number of hydrogen-bond donors (Lipinski definition) is 1. The van der Waals surface area contributed by atoms with Crippen molar-refractivity contribution in [2.24, 2.45) is 5.92 Å². The van der Waals surface area contributed by atoms with Crippen molar-refractivity contribution in [3.05, 3.63) is 35.6 Å². The second-order valence-electron chi connectivity index (χ2n) is 7.14. The molecule has 1 aromatic rings. The molecule has 0 bridgehead atoms. The fourth-order valence-electron chi connectivity index (χ4n) is 3.90. The number of nitrogens with zero attached hydrogens (tertiary/aromatic N) is 1. The van der Waals surface area contributed by atoms with E-state index in [9.17, 15) is 14.0 Å². The van der Waals surface area contributed by atoms with E-state index in [1.54, 1.807) is 23.8 Å². The Hall–Kier alpha value is -1.60. The number of nitrogens with one attached hydrogen (secondary N) is 1. The fourth-order valence-corrected chi connectivity index (χ4v) is 5.54. The lowest BCUT2D eigenvalue weighted by molar-refractivity contribution is -0.125. The number of methoxy groups -OCH3 is 1. The van der Waals surface area contributed by atoms with Crippen LogP contribution < -0.4 is 5.32 Å². The highest BCUT2D eigenvalue weighted by atomic mass is 32.2. The number of halogens is 1. The molecule has 0 radical (unpaired) electrons. The van der Waals surface area contributed by atoms with Crippen LogP contribution in [0.1, 0.15) is 42.5 Å². The smallest absolute Gasteiger partial charge is 0.255 e. The molecule has 0 aromatic heterocycles. The van der Waals surface area contributed by atoms with Gasteiger partial charge in [-0.05, 0) is 43.0 Å². The van der Waals surface area contributed by atoms with Gasteiger partial charge < -0.3 is 15.0 Å². The molecule has 5 nitrogen and oxygen atoms in total. The molecule has 1 saturated carbocycles. The van der Waals surface area contributed by atoms with Crippen LogP contribution in [0.5, 0.6) is 0 Å². The summed E-state index contributed by atoms with van der Waals surface area (Å²) in [5.41, 5.74) is 0.425. The van der Waals surface area contributed by atoms with E-state index in [1.165, 1.54) is 43.5 Å². The maximum atomic E-state index is 13.3. The molecule has 2 atom stereocenters. The SMILES string of the molecule is COCCNC(=O)[C@H]1CS[C@H](C2CCCCC2)N1C(=O)c1ccc(F)cc1. The van der Waals surface area contributed by atoms with Gasteiger partial charge in [-0.15, -0.1) is 11.8 Å². The number of benzene rings is 1. The fraction of sp³-hybridized carbons (Fsp3) is 0.600.